The fraction of sp³-hybridized carbons (Fsp3) is 0. The van der Waals surface area contributed by atoms with Crippen LogP contribution in [0, 0.1) is 5.82 Å². The Morgan fingerprint density at radius 1 is 1.24 bits per heavy atom. The van der Waals surface area contributed by atoms with Crippen LogP contribution in [0.1, 0.15) is 10.4 Å². The van der Waals surface area contributed by atoms with E-state index >= 15 is 0 Å². The molecule has 0 saturated heterocycles. The highest BCUT2D eigenvalue weighted by atomic mass is 32.1. The van der Waals surface area contributed by atoms with Gasteiger partial charge in [0.1, 0.15) is 5.01 Å². The first kappa shape index (κ1) is 13.4. The summed E-state index contributed by atoms with van der Waals surface area (Å²) in [6, 6.07) is 8.61. The molecule has 6 heteroatoms. The predicted molar refractivity (Wildman–Crippen MR) is 79.7 cm³/mol. The minimum absolute atomic E-state index is 0.0374. The van der Waals surface area contributed by atoms with Crippen molar-refractivity contribution in [3.8, 4) is 10.6 Å². The van der Waals surface area contributed by atoms with Gasteiger partial charge >= 0.3 is 0 Å². The molecule has 2 heterocycles. The molecule has 0 aliphatic heterocycles. The van der Waals surface area contributed by atoms with Gasteiger partial charge in [0.2, 0.25) is 0 Å². The summed E-state index contributed by atoms with van der Waals surface area (Å²) < 4.78 is 13.5. The zero-order valence-electron chi connectivity index (χ0n) is 10.8. The average molecular weight is 299 g/mol. The summed E-state index contributed by atoms with van der Waals surface area (Å²) in [6.07, 6.45) is 4.11. The summed E-state index contributed by atoms with van der Waals surface area (Å²) in [5.41, 5.74) is 1.45. The van der Waals surface area contributed by atoms with Crippen LogP contribution in [0.5, 0.6) is 0 Å². The standard InChI is InChI=1S/C15H10FN3OS/c16-13-9-17-5-4-12(13)14(20)19-11-3-1-2-10(8-11)15-18-6-7-21-15/h1-9H,(H,19,20). The molecule has 0 radical (unpaired) electrons. The van der Waals surface area contributed by atoms with Gasteiger partial charge in [0, 0.05) is 29.0 Å². The highest BCUT2D eigenvalue weighted by Gasteiger charge is 2.12. The van der Waals surface area contributed by atoms with Crippen molar-refractivity contribution in [3.05, 3.63) is 65.7 Å². The molecule has 0 saturated carbocycles. The lowest BCUT2D eigenvalue weighted by Crippen LogP contribution is -2.13. The molecule has 3 rings (SSSR count). The van der Waals surface area contributed by atoms with Crippen molar-refractivity contribution in [2.75, 3.05) is 5.32 Å². The Morgan fingerprint density at radius 3 is 2.90 bits per heavy atom. The lowest BCUT2D eigenvalue weighted by molar-refractivity contribution is 0.102. The third-order valence-electron chi connectivity index (χ3n) is 2.82. The number of halogens is 1. The van der Waals surface area contributed by atoms with Crippen molar-refractivity contribution in [3.63, 3.8) is 0 Å². The Labute approximate surface area is 124 Å². The number of carbonyl (C=O) groups is 1. The predicted octanol–water partition coefficient (Wildman–Crippen LogP) is 3.60. The van der Waals surface area contributed by atoms with Crippen molar-refractivity contribution in [1.82, 2.24) is 9.97 Å². The molecule has 0 bridgehead atoms. The van der Waals surface area contributed by atoms with Crippen molar-refractivity contribution in [2.45, 2.75) is 0 Å². The number of amides is 1. The van der Waals surface area contributed by atoms with Gasteiger partial charge in [-0.05, 0) is 18.2 Å². The van der Waals surface area contributed by atoms with Crippen LogP contribution in [0.4, 0.5) is 10.1 Å². The van der Waals surface area contributed by atoms with Crippen LogP contribution in [-0.4, -0.2) is 15.9 Å². The van der Waals surface area contributed by atoms with Crippen molar-refractivity contribution >= 4 is 22.9 Å². The topological polar surface area (TPSA) is 54.9 Å². The lowest BCUT2D eigenvalue weighted by Gasteiger charge is -2.07. The van der Waals surface area contributed by atoms with Gasteiger partial charge < -0.3 is 5.32 Å². The van der Waals surface area contributed by atoms with E-state index in [0.717, 1.165) is 16.8 Å². The summed E-state index contributed by atoms with van der Waals surface area (Å²) >= 11 is 1.51. The minimum atomic E-state index is -0.647. The Bertz CT molecular complexity index is 774. The lowest BCUT2D eigenvalue weighted by atomic mass is 10.2. The number of pyridine rings is 1. The van der Waals surface area contributed by atoms with Crippen molar-refractivity contribution in [1.29, 1.82) is 0 Å². The van der Waals surface area contributed by atoms with E-state index in [1.807, 2.05) is 17.5 Å². The number of carbonyl (C=O) groups excluding carboxylic acids is 1. The maximum atomic E-state index is 13.5. The molecule has 0 unspecified atom stereocenters. The summed E-state index contributed by atoms with van der Waals surface area (Å²) in [5, 5.41) is 5.42. The number of hydrogen-bond acceptors (Lipinski definition) is 4. The van der Waals surface area contributed by atoms with Crippen LogP contribution in [0.3, 0.4) is 0 Å². The van der Waals surface area contributed by atoms with Gasteiger partial charge in [-0.25, -0.2) is 9.37 Å². The van der Waals surface area contributed by atoms with Gasteiger partial charge in [-0.3, -0.25) is 9.78 Å². The summed E-state index contributed by atoms with van der Waals surface area (Å²) in [6.45, 7) is 0. The van der Waals surface area contributed by atoms with Crippen LogP contribution < -0.4 is 5.32 Å². The molecule has 1 amide bonds. The molecule has 0 spiro atoms. The zero-order chi connectivity index (χ0) is 14.7. The van der Waals surface area contributed by atoms with Gasteiger partial charge in [0.05, 0.1) is 11.8 Å². The minimum Gasteiger partial charge on any atom is -0.322 e. The molecular weight excluding hydrogens is 289 g/mol. The Morgan fingerprint density at radius 2 is 2.14 bits per heavy atom. The normalized spacial score (nSPS) is 10.3. The van der Waals surface area contributed by atoms with Crippen LogP contribution in [0.15, 0.2) is 54.3 Å². The molecule has 1 aromatic carbocycles. The van der Waals surface area contributed by atoms with E-state index in [-0.39, 0.29) is 5.56 Å². The molecular formula is C15H10FN3OS. The zero-order valence-corrected chi connectivity index (χ0v) is 11.6. The molecule has 4 nitrogen and oxygen atoms in total. The molecule has 0 aliphatic rings. The number of nitrogens with zero attached hydrogens (tertiary/aromatic N) is 2. The Balaban J connectivity index is 1.84. The van der Waals surface area contributed by atoms with Crippen LogP contribution in [0.2, 0.25) is 0 Å². The number of thiazole rings is 1. The van der Waals surface area contributed by atoms with E-state index < -0.39 is 11.7 Å². The second kappa shape index (κ2) is 5.80. The first-order chi connectivity index (χ1) is 10.2. The van der Waals surface area contributed by atoms with E-state index in [9.17, 15) is 9.18 Å². The van der Waals surface area contributed by atoms with Gasteiger partial charge in [0.15, 0.2) is 5.82 Å². The number of benzene rings is 1. The second-order valence-corrected chi connectivity index (χ2v) is 5.12. The van der Waals surface area contributed by atoms with Crippen LogP contribution in [-0.2, 0) is 0 Å². The number of nitrogens with one attached hydrogen (secondary N) is 1. The first-order valence-corrected chi connectivity index (χ1v) is 7.03. The number of anilines is 1. The number of hydrogen-bond donors (Lipinski definition) is 1. The molecule has 2 aromatic heterocycles. The van der Waals surface area contributed by atoms with E-state index in [4.69, 9.17) is 0 Å². The highest BCUT2D eigenvalue weighted by molar-refractivity contribution is 7.13. The summed E-state index contributed by atoms with van der Waals surface area (Å²) in [5.74, 6) is -1.16. The summed E-state index contributed by atoms with van der Waals surface area (Å²) in [4.78, 5) is 19.9. The van der Waals surface area contributed by atoms with Gasteiger partial charge in [-0.1, -0.05) is 12.1 Å². The van der Waals surface area contributed by atoms with Gasteiger partial charge in [-0.2, -0.15) is 0 Å². The molecule has 0 aliphatic carbocycles. The van der Waals surface area contributed by atoms with Gasteiger partial charge in [0.25, 0.3) is 5.91 Å². The maximum Gasteiger partial charge on any atom is 0.258 e. The van der Waals surface area contributed by atoms with Crippen LogP contribution >= 0.6 is 11.3 Å². The molecule has 3 aromatic rings. The summed E-state index contributed by atoms with van der Waals surface area (Å²) in [7, 11) is 0. The largest absolute Gasteiger partial charge is 0.322 e. The van der Waals surface area contributed by atoms with Crippen molar-refractivity contribution in [2.24, 2.45) is 0 Å². The van der Waals surface area contributed by atoms with Crippen molar-refractivity contribution < 1.29 is 9.18 Å². The maximum absolute atomic E-state index is 13.5. The molecule has 0 fully saturated rings. The quantitative estimate of drug-likeness (QED) is 0.804. The molecule has 21 heavy (non-hydrogen) atoms. The smallest absolute Gasteiger partial charge is 0.258 e. The van der Waals surface area contributed by atoms with E-state index in [0.29, 0.717) is 5.69 Å². The number of aromatic nitrogens is 2. The third-order valence-corrected chi connectivity index (χ3v) is 3.64. The van der Waals surface area contributed by atoms with Crippen LogP contribution in [0.25, 0.3) is 10.6 Å². The Hall–Kier alpha value is -2.60. The third kappa shape index (κ3) is 2.95. The monoisotopic (exact) mass is 299 g/mol. The first-order valence-electron chi connectivity index (χ1n) is 6.15. The molecule has 104 valence electrons. The second-order valence-electron chi connectivity index (χ2n) is 4.23. The fourth-order valence-corrected chi connectivity index (χ4v) is 2.49. The molecule has 1 N–H and O–H groups in total. The fourth-order valence-electron chi connectivity index (χ4n) is 1.85. The van der Waals surface area contributed by atoms with E-state index in [2.05, 4.69) is 15.3 Å². The van der Waals surface area contributed by atoms with Gasteiger partial charge in [-0.15, -0.1) is 11.3 Å². The highest BCUT2D eigenvalue weighted by Crippen LogP contribution is 2.24. The van der Waals surface area contributed by atoms with E-state index in [1.165, 1.54) is 23.6 Å². The SMILES string of the molecule is O=C(Nc1cccc(-c2nccs2)c1)c1ccncc1F. The number of rotatable bonds is 3. The Kier molecular flexibility index (Phi) is 3.70. The average Bonchev–Trinajstić information content (AvgIpc) is 3.02. The van der Waals surface area contributed by atoms with E-state index in [1.54, 1.807) is 18.3 Å². The molecule has 0 atom stereocenters.